The molecule has 2 aromatic rings. The largest absolute Gasteiger partial charge is 0.465 e. The summed E-state index contributed by atoms with van der Waals surface area (Å²) in [6, 6.07) is 8.18. The molecule has 2 aliphatic heterocycles. The van der Waals surface area contributed by atoms with Crippen LogP contribution in [-0.4, -0.2) is 46.8 Å². The van der Waals surface area contributed by atoms with Gasteiger partial charge in [-0.25, -0.2) is 4.79 Å². The Hall–Kier alpha value is -2.59. The van der Waals surface area contributed by atoms with Crippen LogP contribution in [0.15, 0.2) is 29.8 Å². The van der Waals surface area contributed by atoms with Gasteiger partial charge in [-0.15, -0.1) is 11.3 Å². The molecule has 2 aliphatic rings. The van der Waals surface area contributed by atoms with Crippen LogP contribution in [-0.2, 0) is 0 Å². The van der Waals surface area contributed by atoms with E-state index in [0.29, 0.717) is 30.3 Å². The number of nitriles is 1. The molecule has 23 heavy (non-hydrogen) atoms. The van der Waals surface area contributed by atoms with E-state index in [9.17, 15) is 10.1 Å². The topological polar surface area (TPSA) is 80.5 Å². The van der Waals surface area contributed by atoms with E-state index in [0.717, 1.165) is 17.1 Å². The molecular formula is C16H14N4O2S. The highest BCUT2D eigenvalue weighted by Crippen LogP contribution is 2.37. The zero-order valence-corrected chi connectivity index (χ0v) is 13.0. The van der Waals surface area contributed by atoms with Gasteiger partial charge < -0.3 is 14.9 Å². The monoisotopic (exact) mass is 326 g/mol. The van der Waals surface area contributed by atoms with Crippen molar-refractivity contribution in [2.75, 3.05) is 24.5 Å². The number of hydrogen-bond donors (Lipinski definition) is 1. The molecular weight excluding hydrogens is 312 g/mol. The molecule has 7 heteroatoms. The van der Waals surface area contributed by atoms with Crippen LogP contribution in [0.2, 0.25) is 0 Å². The predicted molar refractivity (Wildman–Crippen MR) is 86.5 cm³/mol. The van der Waals surface area contributed by atoms with Gasteiger partial charge in [-0.1, -0.05) is 6.07 Å². The number of nitrogens with zero attached hydrogens (tertiary/aromatic N) is 4. The first-order chi connectivity index (χ1) is 11.2. The lowest BCUT2D eigenvalue weighted by molar-refractivity contribution is 0.155. The molecule has 0 unspecified atom stereocenters. The van der Waals surface area contributed by atoms with Crippen molar-refractivity contribution in [3.63, 3.8) is 0 Å². The normalized spacial score (nSPS) is 22.4. The molecule has 0 saturated carbocycles. The maximum atomic E-state index is 11.1. The molecule has 2 fully saturated rings. The van der Waals surface area contributed by atoms with Crippen LogP contribution in [0.5, 0.6) is 0 Å². The van der Waals surface area contributed by atoms with Gasteiger partial charge >= 0.3 is 6.09 Å². The van der Waals surface area contributed by atoms with Crippen molar-refractivity contribution in [2.24, 2.45) is 5.92 Å². The molecule has 0 radical (unpaired) electrons. The number of carbonyl (C=O) groups is 1. The number of carboxylic acid groups (broad SMARTS) is 1. The first-order valence-electron chi connectivity index (χ1n) is 7.36. The Labute approximate surface area is 137 Å². The minimum absolute atomic E-state index is 0.201. The summed E-state index contributed by atoms with van der Waals surface area (Å²) < 4.78 is 0. The Morgan fingerprint density at radius 1 is 1.43 bits per heavy atom. The van der Waals surface area contributed by atoms with E-state index in [4.69, 9.17) is 5.11 Å². The average Bonchev–Trinajstić information content (AvgIpc) is 3.16. The summed E-state index contributed by atoms with van der Waals surface area (Å²) in [6.45, 7) is 1.94. The summed E-state index contributed by atoms with van der Waals surface area (Å²) in [7, 11) is 0. The number of hydrogen-bond acceptors (Lipinski definition) is 5. The standard InChI is InChI=1S/C16H14N4O2S/c17-5-10-4-12(6-18-15(10)14-2-1-3-23-14)20-8-11-7-19(16(21)22)9-13(11)20/h1-4,6,11,13H,7-9H2,(H,21,22)/t11-,13-/m1/s1. The highest BCUT2D eigenvalue weighted by Gasteiger charge is 2.47. The van der Waals surface area contributed by atoms with Gasteiger partial charge in [-0.05, 0) is 17.5 Å². The van der Waals surface area contributed by atoms with E-state index in [-0.39, 0.29) is 6.04 Å². The van der Waals surface area contributed by atoms with Gasteiger partial charge in [0.25, 0.3) is 0 Å². The maximum Gasteiger partial charge on any atom is 0.407 e. The SMILES string of the molecule is N#Cc1cc(N2C[C@H]3CN(C(=O)O)C[C@H]32)cnc1-c1cccs1. The minimum Gasteiger partial charge on any atom is -0.465 e. The van der Waals surface area contributed by atoms with Crippen LogP contribution in [0.3, 0.4) is 0 Å². The fourth-order valence-electron chi connectivity index (χ4n) is 3.40. The van der Waals surface area contributed by atoms with Crippen molar-refractivity contribution in [3.05, 3.63) is 35.3 Å². The molecule has 116 valence electrons. The van der Waals surface area contributed by atoms with E-state index >= 15 is 0 Å². The lowest BCUT2D eigenvalue weighted by Gasteiger charge is -2.45. The van der Waals surface area contributed by atoms with Gasteiger partial charge in [-0.3, -0.25) is 4.98 Å². The second-order valence-electron chi connectivity index (χ2n) is 5.85. The zero-order valence-electron chi connectivity index (χ0n) is 12.2. The van der Waals surface area contributed by atoms with Crippen LogP contribution in [0, 0.1) is 17.2 Å². The van der Waals surface area contributed by atoms with Crippen molar-refractivity contribution in [3.8, 4) is 16.6 Å². The lowest BCUT2D eigenvalue weighted by atomic mass is 9.91. The summed E-state index contributed by atoms with van der Waals surface area (Å²) >= 11 is 1.56. The number of pyridine rings is 1. The number of thiophene rings is 1. The van der Waals surface area contributed by atoms with Crippen molar-refractivity contribution < 1.29 is 9.90 Å². The fraction of sp³-hybridized carbons (Fsp3) is 0.312. The first-order valence-corrected chi connectivity index (χ1v) is 8.24. The van der Waals surface area contributed by atoms with Crippen LogP contribution in [0.1, 0.15) is 5.56 Å². The number of likely N-dealkylation sites (tertiary alicyclic amines) is 1. The molecule has 4 heterocycles. The average molecular weight is 326 g/mol. The second-order valence-corrected chi connectivity index (χ2v) is 6.79. The summed E-state index contributed by atoms with van der Waals surface area (Å²) in [5.74, 6) is 0.383. The van der Waals surface area contributed by atoms with Crippen LogP contribution < -0.4 is 4.90 Å². The minimum atomic E-state index is -0.858. The summed E-state index contributed by atoms with van der Waals surface area (Å²) in [4.78, 5) is 20.2. The van der Waals surface area contributed by atoms with Crippen molar-refractivity contribution in [1.29, 1.82) is 5.26 Å². The van der Waals surface area contributed by atoms with E-state index in [1.54, 1.807) is 17.5 Å². The van der Waals surface area contributed by atoms with Gasteiger partial charge in [0.2, 0.25) is 0 Å². The zero-order chi connectivity index (χ0) is 16.0. The van der Waals surface area contributed by atoms with Crippen LogP contribution >= 0.6 is 11.3 Å². The number of anilines is 1. The molecule has 2 atom stereocenters. The second kappa shape index (κ2) is 5.25. The molecule has 1 amide bonds. The number of rotatable bonds is 2. The number of fused-ring (bicyclic) bond motifs is 1. The highest BCUT2D eigenvalue weighted by molar-refractivity contribution is 7.13. The first kappa shape index (κ1) is 14.0. The molecule has 6 nitrogen and oxygen atoms in total. The number of amides is 1. The van der Waals surface area contributed by atoms with Gasteiger partial charge in [0.15, 0.2) is 0 Å². The molecule has 0 bridgehead atoms. The smallest absolute Gasteiger partial charge is 0.407 e. The molecule has 2 aromatic heterocycles. The fourth-order valence-corrected chi connectivity index (χ4v) is 4.13. The Morgan fingerprint density at radius 2 is 2.30 bits per heavy atom. The number of aromatic nitrogens is 1. The predicted octanol–water partition coefficient (Wildman–Crippen LogP) is 2.48. The van der Waals surface area contributed by atoms with Gasteiger partial charge in [0.05, 0.1) is 34.1 Å². The van der Waals surface area contributed by atoms with Crippen molar-refractivity contribution >= 4 is 23.1 Å². The molecule has 1 N–H and O–H groups in total. The highest BCUT2D eigenvalue weighted by atomic mass is 32.1. The van der Waals surface area contributed by atoms with E-state index in [1.165, 1.54) is 4.90 Å². The Balaban J connectivity index is 1.60. The Bertz CT molecular complexity index is 799. The van der Waals surface area contributed by atoms with Crippen molar-refractivity contribution in [2.45, 2.75) is 6.04 Å². The molecule has 2 saturated heterocycles. The Morgan fingerprint density at radius 3 is 3.00 bits per heavy atom. The van der Waals surface area contributed by atoms with E-state index < -0.39 is 6.09 Å². The molecule has 0 spiro atoms. The summed E-state index contributed by atoms with van der Waals surface area (Å²) in [6.07, 6.45) is 0.929. The Kier molecular flexibility index (Phi) is 3.20. The summed E-state index contributed by atoms with van der Waals surface area (Å²) in [5, 5.41) is 20.5. The van der Waals surface area contributed by atoms with Gasteiger partial charge in [0.1, 0.15) is 6.07 Å². The summed E-state index contributed by atoms with van der Waals surface area (Å²) in [5.41, 5.74) is 2.17. The van der Waals surface area contributed by atoms with Crippen molar-refractivity contribution in [1.82, 2.24) is 9.88 Å². The van der Waals surface area contributed by atoms with Gasteiger partial charge in [-0.2, -0.15) is 5.26 Å². The third-order valence-electron chi connectivity index (χ3n) is 4.59. The van der Waals surface area contributed by atoms with Gasteiger partial charge in [0, 0.05) is 25.6 Å². The third kappa shape index (κ3) is 2.23. The molecule has 4 rings (SSSR count). The lowest BCUT2D eigenvalue weighted by Crippen LogP contribution is -2.55. The quantitative estimate of drug-likeness (QED) is 0.917. The van der Waals surface area contributed by atoms with Crippen LogP contribution in [0.4, 0.5) is 10.5 Å². The third-order valence-corrected chi connectivity index (χ3v) is 5.47. The van der Waals surface area contributed by atoms with E-state index in [1.807, 2.05) is 23.6 Å². The molecule has 0 aliphatic carbocycles. The van der Waals surface area contributed by atoms with Crippen LogP contribution in [0.25, 0.3) is 10.6 Å². The maximum absolute atomic E-state index is 11.1. The molecule has 0 aromatic carbocycles. The van der Waals surface area contributed by atoms with E-state index in [2.05, 4.69) is 16.0 Å².